The summed E-state index contributed by atoms with van der Waals surface area (Å²) < 4.78 is 4.74. The molecule has 6 heteroatoms. The lowest BCUT2D eigenvalue weighted by molar-refractivity contribution is -0.141. The lowest BCUT2D eigenvalue weighted by atomic mass is 10.2. The predicted octanol–water partition coefficient (Wildman–Crippen LogP) is 1.52. The van der Waals surface area contributed by atoms with Crippen LogP contribution in [0.5, 0.6) is 0 Å². The second-order valence-electron chi connectivity index (χ2n) is 4.16. The van der Waals surface area contributed by atoms with Gasteiger partial charge in [0, 0.05) is 11.3 Å². The van der Waals surface area contributed by atoms with E-state index in [-0.39, 0.29) is 18.6 Å². The molecule has 104 valence electrons. The highest BCUT2D eigenvalue weighted by Gasteiger charge is 2.28. The topological polar surface area (TPSA) is 67.4 Å². The molecule has 0 heterocycles. The Labute approximate surface area is 112 Å². The maximum absolute atomic E-state index is 11.6. The molecule has 2 unspecified atom stereocenters. The third-order valence-electron chi connectivity index (χ3n) is 2.85. The first-order chi connectivity index (χ1) is 8.67. The number of esters is 1. The summed E-state index contributed by atoms with van der Waals surface area (Å²) in [5.74, 6) is 0.659. The first-order valence-electron chi connectivity index (χ1n) is 6.49. The average Bonchev–Trinajstić information content (AvgIpc) is 2.75. The molecular formula is C12H22N2O3S. The maximum atomic E-state index is 11.6. The van der Waals surface area contributed by atoms with Gasteiger partial charge in [-0.3, -0.25) is 4.79 Å². The third-order valence-corrected chi connectivity index (χ3v) is 4.17. The van der Waals surface area contributed by atoms with Gasteiger partial charge in [-0.2, -0.15) is 11.8 Å². The summed E-state index contributed by atoms with van der Waals surface area (Å²) in [5.41, 5.74) is 0. The number of carbonyl (C=O) groups is 2. The van der Waals surface area contributed by atoms with E-state index in [1.54, 1.807) is 6.92 Å². The number of ether oxygens (including phenoxy) is 1. The van der Waals surface area contributed by atoms with E-state index >= 15 is 0 Å². The van der Waals surface area contributed by atoms with Gasteiger partial charge >= 0.3 is 12.0 Å². The fourth-order valence-electron chi connectivity index (χ4n) is 2.09. The second kappa shape index (κ2) is 8.24. The molecule has 2 N–H and O–H groups in total. The molecule has 0 aliphatic heterocycles. The number of amides is 2. The molecule has 0 saturated heterocycles. The zero-order valence-corrected chi connectivity index (χ0v) is 11.8. The van der Waals surface area contributed by atoms with Crippen molar-refractivity contribution in [3.05, 3.63) is 0 Å². The van der Waals surface area contributed by atoms with Crippen LogP contribution >= 0.6 is 11.8 Å². The van der Waals surface area contributed by atoms with Crippen molar-refractivity contribution in [3.63, 3.8) is 0 Å². The molecule has 0 radical (unpaired) electrons. The van der Waals surface area contributed by atoms with Crippen molar-refractivity contribution in [1.82, 2.24) is 10.6 Å². The zero-order chi connectivity index (χ0) is 13.4. The molecule has 1 fully saturated rings. The zero-order valence-electron chi connectivity index (χ0n) is 11.0. The van der Waals surface area contributed by atoms with Gasteiger partial charge in [0.05, 0.1) is 6.61 Å². The van der Waals surface area contributed by atoms with Gasteiger partial charge < -0.3 is 15.4 Å². The Morgan fingerprint density at radius 1 is 1.33 bits per heavy atom. The Balaban J connectivity index is 2.24. The lowest BCUT2D eigenvalue weighted by Crippen LogP contribution is -2.46. The van der Waals surface area contributed by atoms with Crippen LogP contribution in [-0.4, -0.2) is 42.2 Å². The van der Waals surface area contributed by atoms with Crippen LogP contribution in [0.3, 0.4) is 0 Å². The number of hydrogen-bond donors (Lipinski definition) is 2. The lowest BCUT2D eigenvalue weighted by Gasteiger charge is -2.20. The Hall–Kier alpha value is -0.910. The quantitative estimate of drug-likeness (QED) is 0.721. The highest BCUT2D eigenvalue weighted by atomic mass is 32.2. The Kier molecular flexibility index (Phi) is 6.93. The van der Waals surface area contributed by atoms with Crippen molar-refractivity contribution in [3.8, 4) is 0 Å². The Morgan fingerprint density at radius 3 is 2.78 bits per heavy atom. The van der Waals surface area contributed by atoms with Gasteiger partial charge in [0.25, 0.3) is 0 Å². The first-order valence-corrected chi connectivity index (χ1v) is 7.53. The number of thioether (sulfide) groups is 1. The van der Waals surface area contributed by atoms with Gasteiger partial charge in [-0.25, -0.2) is 4.79 Å². The number of rotatable bonds is 6. The van der Waals surface area contributed by atoms with Crippen LogP contribution in [0, 0.1) is 0 Å². The van der Waals surface area contributed by atoms with Crippen LogP contribution in [0.4, 0.5) is 4.79 Å². The average molecular weight is 274 g/mol. The van der Waals surface area contributed by atoms with Crippen molar-refractivity contribution in [2.45, 2.75) is 44.4 Å². The van der Waals surface area contributed by atoms with E-state index in [9.17, 15) is 9.59 Å². The first kappa shape index (κ1) is 15.1. The van der Waals surface area contributed by atoms with E-state index in [0.717, 1.165) is 25.0 Å². The molecule has 5 nitrogen and oxygen atoms in total. The van der Waals surface area contributed by atoms with Crippen LogP contribution in [0.25, 0.3) is 0 Å². The van der Waals surface area contributed by atoms with E-state index in [1.807, 2.05) is 11.8 Å². The summed E-state index contributed by atoms with van der Waals surface area (Å²) in [7, 11) is 0. The van der Waals surface area contributed by atoms with Gasteiger partial charge in [-0.15, -0.1) is 0 Å². The summed E-state index contributed by atoms with van der Waals surface area (Å²) in [6, 6.07) is -0.0613. The minimum absolute atomic E-state index is 0.0714. The summed E-state index contributed by atoms with van der Waals surface area (Å²) in [6.07, 6.45) is 3.33. The number of urea groups is 1. The monoisotopic (exact) mass is 274 g/mol. The molecule has 18 heavy (non-hydrogen) atoms. The second-order valence-corrected chi connectivity index (χ2v) is 5.68. The Bertz CT molecular complexity index is 286. The number of nitrogens with one attached hydrogen (secondary N) is 2. The van der Waals surface area contributed by atoms with E-state index in [0.29, 0.717) is 11.9 Å². The van der Waals surface area contributed by atoms with E-state index in [4.69, 9.17) is 4.74 Å². The van der Waals surface area contributed by atoms with Crippen molar-refractivity contribution in [2.24, 2.45) is 0 Å². The smallest absolute Gasteiger partial charge is 0.325 e. The molecule has 1 aliphatic carbocycles. The molecule has 2 amide bonds. The molecule has 1 rings (SSSR count). The molecule has 2 atom stereocenters. The SMILES string of the molecule is CCOC(=O)CNC(=O)NC1CCCC1SCC. The normalized spacial score (nSPS) is 22.6. The van der Waals surface area contributed by atoms with Crippen LogP contribution in [0.1, 0.15) is 33.1 Å². The fraction of sp³-hybridized carbons (Fsp3) is 0.833. The molecule has 1 saturated carbocycles. The summed E-state index contributed by atoms with van der Waals surface area (Å²) >= 11 is 1.89. The number of carbonyl (C=O) groups excluding carboxylic acids is 2. The van der Waals surface area contributed by atoms with E-state index in [2.05, 4.69) is 17.6 Å². The molecule has 0 bridgehead atoms. The highest BCUT2D eigenvalue weighted by molar-refractivity contribution is 7.99. The molecule has 0 aromatic heterocycles. The summed E-state index contributed by atoms with van der Waals surface area (Å²) in [4.78, 5) is 22.7. The van der Waals surface area contributed by atoms with Crippen molar-refractivity contribution >= 4 is 23.8 Å². The number of hydrogen-bond acceptors (Lipinski definition) is 4. The summed E-state index contributed by atoms with van der Waals surface area (Å²) in [5, 5.41) is 5.96. The van der Waals surface area contributed by atoms with Crippen molar-refractivity contribution < 1.29 is 14.3 Å². The molecular weight excluding hydrogens is 252 g/mol. The minimum Gasteiger partial charge on any atom is -0.465 e. The third kappa shape index (κ3) is 5.16. The van der Waals surface area contributed by atoms with Gasteiger partial charge in [-0.05, 0) is 25.5 Å². The minimum atomic E-state index is -0.404. The predicted molar refractivity (Wildman–Crippen MR) is 72.7 cm³/mol. The molecule has 0 aromatic rings. The van der Waals surface area contributed by atoms with Crippen LogP contribution in [-0.2, 0) is 9.53 Å². The standard InChI is InChI=1S/C12H22N2O3S/c1-3-17-11(15)8-13-12(16)14-9-6-5-7-10(9)18-4-2/h9-10H,3-8H2,1-2H3,(H2,13,14,16). The summed E-state index contributed by atoms with van der Waals surface area (Å²) in [6.45, 7) is 4.13. The van der Waals surface area contributed by atoms with Gasteiger partial charge in [0.15, 0.2) is 0 Å². The van der Waals surface area contributed by atoms with Crippen LogP contribution in [0.2, 0.25) is 0 Å². The fourth-order valence-corrected chi connectivity index (χ4v) is 3.29. The maximum Gasteiger partial charge on any atom is 0.325 e. The van der Waals surface area contributed by atoms with Gasteiger partial charge in [0.1, 0.15) is 6.54 Å². The van der Waals surface area contributed by atoms with Crippen LogP contribution in [0.15, 0.2) is 0 Å². The Morgan fingerprint density at radius 2 is 2.11 bits per heavy atom. The largest absolute Gasteiger partial charge is 0.465 e. The van der Waals surface area contributed by atoms with E-state index < -0.39 is 5.97 Å². The van der Waals surface area contributed by atoms with E-state index in [1.165, 1.54) is 0 Å². The van der Waals surface area contributed by atoms with Crippen molar-refractivity contribution in [2.75, 3.05) is 18.9 Å². The van der Waals surface area contributed by atoms with Crippen molar-refractivity contribution in [1.29, 1.82) is 0 Å². The van der Waals surface area contributed by atoms with Gasteiger partial charge in [0.2, 0.25) is 0 Å². The molecule has 0 aromatic carbocycles. The highest BCUT2D eigenvalue weighted by Crippen LogP contribution is 2.29. The van der Waals surface area contributed by atoms with Gasteiger partial charge in [-0.1, -0.05) is 13.3 Å². The molecule has 1 aliphatic rings. The van der Waals surface area contributed by atoms with Crippen LogP contribution < -0.4 is 10.6 Å². The molecule has 0 spiro atoms.